The van der Waals surface area contributed by atoms with Gasteiger partial charge >= 0.3 is 0 Å². The molecular formula is C12H15N3O3. The Labute approximate surface area is 105 Å². The first-order valence-corrected chi connectivity index (χ1v) is 5.58. The van der Waals surface area contributed by atoms with Gasteiger partial charge in [-0.15, -0.1) is 4.99 Å². The summed E-state index contributed by atoms with van der Waals surface area (Å²) in [7, 11) is 0. The summed E-state index contributed by atoms with van der Waals surface area (Å²) in [6.07, 6.45) is 8.81. The number of carbonyl (C=O) groups excluding carboxylic acids is 1. The van der Waals surface area contributed by atoms with Crippen molar-refractivity contribution >= 4 is 12.1 Å². The van der Waals surface area contributed by atoms with Crippen LogP contribution in [0.15, 0.2) is 30.0 Å². The number of allylic oxidation sites excluding steroid dienone is 2. The molecule has 2 rings (SSSR count). The van der Waals surface area contributed by atoms with E-state index in [1.165, 1.54) is 6.20 Å². The molecule has 0 radical (unpaired) electrons. The van der Waals surface area contributed by atoms with Gasteiger partial charge in [0, 0.05) is 6.42 Å². The number of hydrogen-bond acceptors (Lipinski definition) is 5. The quantitative estimate of drug-likeness (QED) is 0.475. The summed E-state index contributed by atoms with van der Waals surface area (Å²) < 4.78 is 0. The Morgan fingerprint density at radius 2 is 2.44 bits per heavy atom. The van der Waals surface area contributed by atoms with Crippen LogP contribution in [0.1, 0.15) is 30.6 Å². The Morgan fingerprint density at radius 1 is 1.61 bits per heavy atom. The Bertz CT molecular complexity index is 493. The molecule has 1 aliphatic carbocycles. The minimum absolute atomic E-state index is 0.362. The molecule has 1 atom stereocenters. The van der Waals surface area contributed by atoms with Crippen LogP contribution in [0.3, 0.4) is 0 Å². The molecule has 6 nitrogen and oxygen atoms in total. The number of anilines is 1. The first-order chi connectivity index (χ1) is 8.63. The molecule has 1 aliphatic rings. The van der Waals surface area contributed by atoms with Crippen molar-refractivity contribution in [1.82, 2.24) is 10.2 Å². The third kappa shape index (κ3) is 2.85. The number of nitrogens with one attached hydrogen (secondary N) is 2. The normalized spacial score (nSPS) is 22.7. The summed E-state index contributed by atoms with van der Waals surface area (Å²) >= 11 is 0. The van der Waals surface area contributed by atoms with Crippen molar-refractivity contribution < 1.29 is 14.7 Å². The second kappa shape index (κ2) is 5.16. The molecule has 0 amide bonds. The molecule has 0 bridgehead atoms. The maximum Gasteiger partial charge on any atom is 0.159 e. The molecule has 18 heavy (non-hydrogen) atoms. The summed E-state index contributed by atoms with van der Waals surface area (Å²) in [5.41, 5.74) is 3.47. The molecule has 0 fully saturated rings. The van der Waals surface area contributed by atoms with Crippen LogP contribution < -0.4 is 5.48 Å². The molecule has 2 N–H and O–H groups in total. The zero-order valence-corrected chi connectivity index (χ0v) is 10.3. The standard InChI is InChI=1S/C12H15N3O3/c1-9-4-3-5-12(2,6-9)17-18-15-11-10(8-16)7-13-14-11/h3-4,6-8H,5H2,1-2H3,(H2,13,14,15). The van der Waals surface area contributed by atoms with Crippen molar-refractivity contribution in [3.05, 3.63) is 35.6 Å². The van der Waals surface area contributed by atoms with E-state index in [0.29, 0.717) is 17.7 Å². The number of hydrogen-bond donors (Lipinski definition) is 2. The summed E-state index contributed by atoms with van der Waals surface area (Å²) in [6, 6.07) is 0. The van der Waals surface area contributed by atoms with Crippen molar-refractivity contribution in [2.24, 2.45) is 0 Å². The van der Waals surface area contributed by atoms with E-state index >= 15 is 0 Å². The van der Waals surface area contributed by atoms with E-state index in [9.17, 15) is 4.79 Å². The van der Waals surface area contributed by atoms with Gasteiger partial charge in [-0.05, 0) is 19.9 Å². The molecule has 0 aliphatic heterocycles. The maximum absolute atomic E-state index is 10.6. The average Bonchev–Trinajstić information content (AvgIpc) is 2.76. The molecular weight excluding hydrogens is 234 g/mol. The molecule has 1 aromatic heterocycles. The second-order valence-corrected chi connectivity index (χ2v) is 4.39. The van der Waals surface area contributed by atoms with Gasteiger partial charge in [0.05, 0.1) is 11.8 Å². The monoisotopic (exact) mass is 249 g/mol. The summed E-state index contributed by atoms with van der Waals surface area (Å²) in [5.74, 6) is 0.362. The topological polar surface area (TPSA) is 76.2 Å². The zero-order valence-electron chi connectivity index (χ0n) is 10.3. The fourth-order valence-corrected chi connectivity index (χ4v) is 1.75. The van der Waals surface area contributed by atoms with Crippen molar-refractivity contribution in [3.63, 3.8) is 0 Å². The first kappa shape index (κ1) is 12.5. The first-order valence-electron chi connectivity index (χ1n) is 5.58. The minimum Gasteiger partial charge on any atom is -0.298 e. The average molecular weight is 249 g/mol. The third-order valence-electron chi connectivity index (χ3n) is 2.61. The number of nitrogens with zero attached hydrogens (tertiary/aromatic N) is 1. The molecule has 0 spiro atoms. The van der Waals surface area contributed by atoms with Gasteiger partial charge in [-0.25, -0.2) is 10.4 Å². The van der Waals surface area contributed by atoms with E-state index in [-0.39, 0.29) is 0 Å². The molecule has 1 unspecified atom stereocenters. The van der Waals surface area contributed by atoms with Crippen LogP contribution in [0.25, 0.3) is 0 Å². The number of aromatic nitrogens is 2. The van der Waals surface area contributed by atoms with E-state index in [1.54, 1.807) is 0 Å². The maximum atomic E-state index is 10.6. The van der Waals surface area contributed by atoms with Crippen LogP contribution in [0.2, 0.25) is 0 Å². The van der Waals surface area contributed by atoms with Crippen molar-refractivity contribution in [2.75, 3.05) is 5.48 Å². The van der Waals surface area contributed by atoms with Crippen LogP contribution in [-0.4, -0.2) is 22.1 Å². The van der Waals surface area contributed by atoms with Gasteiger partial charge in [0.25, 0.3) is 0 Å². The highest BCUT2D eigenvalue weighted by atomic mass is 17.3. The number of H-pyrrole nitrogens is 1. The molecule has 96 valence electrons. The molecule has 0 saturated carbocycles. The second-order valence-electron chi connectivity index (χ2n) is 4.39. The summed E-state index contributed by atoms with van der Waals surface area (Å²) in [6.45, 7) is 3.90. The lowest BCUT2D eigenvalue weighted by molar-refractivity contribution is -0.326. The number of aldehydes is 1. The number of carbonyl (C=O) groups is 1. The Morgan fingerprint density at radius 3 is 3.17 bits per heavy atom. The summed E-state index contributed by atoms with van der Waals surface area (Å²) in [4.78, 5) is 20.9. The zero-order chi connectivity index (χ0) is 13.0. The SMILES string of the molecule is CC1=CC(C)(OONc2[nH]ncc2C=O)CC=C1. The van der Waals surface area contributed by atoms with Crippen LogP contribution in [-0.2, 0) is 9.88 Å². The van der Waals surface area contributed by atoms with Gasteiger partial charge in [0.15, 0.2) is 12.1 Å². The fourth-order valence-electron chi connectivity index (χ4n) is 1.75. The van der Waals surface area contributed by atoms with Gasteiger partial charge in [0.2, 0.25) is 0 Å². The van der Waals surface area contributed by atoms with Crippen LogP contribution in [0.5, 0.6) is 0 Å². The van der Waals surface area contributed by atoms with Crippen molar-refractivity contribution in [2.45, 2.75) is 25.9 Å². The van der Waals surface area contributed by atoms with E-state index in [4.69, 9.17) is 9.88 Å². The van der Waals surface area contributed by atoms with Crippen LogP contribution >= 0.6 is 0 Å². The fraction of sp³-hybridized carbons (Fsp3) is 0.333. The van der Waals surface area contributed by atoms with Gasteiger partial charge in [-0.3, -0.25) is 9.89 Å². The molecule has 0 saturated heterocycles. The Kier molecular flexibility index (Phi) is 3.59. The van der Waals surface area contributed by atoms with E-state index < -0.39 is 5.60 Å². The number of rotatable bonds is 5. The van der Waals surface area contributed by atoms with Gasteiger partial charge in [-0.2, -0.15) is 5.10 Å². The molecule has 0 aromatic carbocycles. The Balaban J connectivity index is 1.89. The highest BCUT2D eigenvalue weighted by Gasteiger charge is 2.25. The predicted octanol–water partition coefficient (Wildman–Crippen LogP) is 2.16. The van der Waals surface area contributed by atoms with Gasteiger partial charge in [0.1, 0.15) is 5.60 Å². The lowest BCUT2D eigenvalue weighted by Crippen LogP contribution is -2.28. The van der Waals surface area contributed by atoms with E-state index in [1.807, 2.05) is 32.1 Å². The minimum atomic E-state index is -0.521. The van der Waals surface area contributed by atoms with Gasteiger partial charge in [-0.1, -0.05) is 17.7 Å². The lowest BCUT2D eigenvalue weighted by atomic mass is 9.94. The summed E-state index contributed by atoms with van der Waals surface area (Å²) in [5, 5.41) is 6.30. The van der Waals surface area contributed by atoms with Gasteiger partial charge < -0.3 is 0 Å². The van der Waals surface area contributed by atoms with E-state index in [2.05, 4.69) is 15.7 Å². The lowest BCUT2D eigenvalue weighted by Gasteiger charge is -2.25. The highest BCUT2D eigenvalue weighted by Crippen LogP contribution is 2.25. The smallest absolute Gasteiger partial charge is 0.159 e. The van der Waals surface area contributed by atoms with Crippen LogP contribution in [0.4, 0.5) is 5.82 Å². The predicted molar refractivity (Wildman–Crippen MR) is 65.7 cm³/mol. The molecule has 1 heterocycles. The third-order valence-corrected chi connectivity index (χ3v) is 2.61. The van der Waals surface area contributed by atoms with Crippen molar-refractivity contribution in [3.8, 4) is 0 Å². The van der Waals surface area contributed by atoms with E-state index in [0.717, 1.165) is 12.0 Å². The van der Waals surface area contributed by atoms with Crippen LogP contribution in [0, 0.1) is 0 Å². The largest absolute Gasteiger partial charge is 0.298 e. The highest BCUT2D eigenvalue weighted by molar-refractivity contribution is 5.81. The Hall–Kier alpha value is -1.92. The molecule has 6 heteroatoms. The van der Waals surface area contributed by atoms with Crippen molar-refractivity contribution in [1.29, 1.82) is 0 Å². The molecule has 1 aromatic rings. The number of aromatic amines is 1.